The maximum Gasteiger partial charge on any atom is 0.228 e. The number of carbonyl (C=O) groups excluding carboxylic acids is 2. The lowest BCUT2D eigenvalue weighted by atomic mass is 10.0. The van der Waals surface area contributed by atoms with Gasteiger partial charge in [0.2, 0.25) is 5.78 Å². The molecule has 122 valence electrons. The summed E-state index contributed by atoms with van der Waals surface area (Å²) in [6, 6.07) is 9.63. The van der Waals surface area contributed by atoms with Crippen LogP contribution in [0.4, 0.5) is 0 Å². The maximum atomic E-state index is 12.7. The van der Waals surface area contributed by atoms with Crippen molar-refractivity contribution in [1.29, 1.82) is 0 Å². The smallest absolute Gasteiger partial charge is 0.228 e. The molecule has 3 aromatic rings. The molecule has 0 radical (unpaired) electrons. The summed E-state index contributed by atoms with van der Waals surface area (Å²) in [5, 5.41) is 10.5. The predicted molar refractivity (Wildman–Crippen MR) is 89.0 cm³/mol. The summed E-state index contributed by atoms with van der Waals surface area (Å²) in [5.74, 6) is 0.166. The summed E-state index contributed by atoms with van der Waals surface area (Å²) in [6.07, 6.45) is 0. The number of ketones is 2. The average Bonchev–Trinajstić information content (AvgIpc) is 2.89. The van der Waals surface area contributed by atoms with E-state index in [0.717, 1.165) is 0 Å². The highest BCUT2D eigenvalue weighted by Crippen LogP contribution is 2.32. The first-order valence-electron chi connectivity index (χ1n) is 7.38. The van der Waals surface area contributed by atoms with Gasteiger partial charge in [-0.3, -0.25) is 9.59 Å². The summed E-state index contributed by atoms with van der Waals surface area (Å²) >= 11 is 0. The fourth-order valence-electron chi connectivity index (χ4n) is 2.63. The third kappa shape index (κ3) is 2.54. The lowest BCUT2D eigenvalue weighted by Gasteiger charge is -2.02. The Bertz CT molecular complexity index is 948. The zero-order chi connectivity index (χ0) is 17.4. The molecule has 0 unspecified atom stereocenters. The van der Waals surface area contributed by atoms with Crippen LogP contribution in [0.3, 0.4) is 0 Å². The number of rotatable bonds is 4. The van der Waals surface area contributed by atoms with Gasteiger partial charge in [0, 0.05) is 22.6 Å². The Hall–Kier alpha value is -3.08. The zero-order valence-corrected chi connectivity index (χ0v) is 13.5. The molecule has 0 spiro atoms. The van der Waals surface area contributed by atoms with Crippen molar-refractivity contribution in [2.75, 3.05) is 7.11 Å². The minimum atomic E-state index is -0.268. The Morgan fingerprint density at radius 2 is 1.79 bits per heavy atom. The van der Waals surface area contributed by atoms with Crippen LogP contribution >= 0.6 is 0 Å². The van der Waals surface area contributed by atoms with Crippen molar-refractivity contribution in [3.63, 3.8) is 0 Å². The molecule has 0 aliphatic heterocycles. The molecule has 3 rings (SSSR count). The standard InChI is InChI=1S/C19H16O5/c1-10-14-8-15(11(2)20)16(21)9-17(14)24-19(10)18(22)12-4-6-13(23-3)7-5-12/h4-9,21H,1-3H3. The number of ether oxygens (including phenoxy) is 1. The van der Waals surface area contributed by atoms with Crippen LogP contribution in [0.5, 0.6) is 11.5 Å². The highest BCUT2D eigenvalue weighted by Gasteiger charge is 2.21. The van der Waals surface area contributed by atoms with Crippen LogP contribution in [0.1, 0.15) is 39.0 Å². The minimum absolute atomic E-state index is 0.160. The van der Waals surface area contributed by atoms with Crippen molar-refractivity contribution in [3.8, 4) is 11.5 Å². The van der Waals surface area contributed by atoms with Gasteiger partial charge in [-0.05, 0) is 44.2 Å². The van der Waals surface area contributed by atoms with E-state index >= 15 is 0 Å². The molecule has 1 heterocycles. The van der Waals surface area contributed by atoms with E-state index in [1.54, 1.807) is 44.4 Å². The first kappa shape index (κ1) is 15.8. The van der Waals surface area contributed by atoms with Gasteiger partial charge in [0.05, 0.1) is 12.7 Å². The molecule has 0 saturated carbocycles. The second-order valence-electron chi connectivity index (χ2n) is 5.54. The second-order valence-corrected chi connectivity index (χ2v) is 5.54. The number of aromatic hydroxyl groups is 1. The van der Waals surface area contributed by atoms with Gasteiger partial charge in [-0.15, -0.1) is 0 Å². The van der Waals surface area contributed by atoms with Gasteiger partial charge < -0.3 is 14.3 Å². The molecule has 0 saturated heterocycles. The van der Waals surface area contributed by atoms with Crippen molar-refractivity contribution in [3.05, 3.63) is 58.8 Å². The number of phenols is 1. The Morgan fingerprint density at radius 1 is 1.12 bits per heavy atom. The Morgan fingerprint density at radius 3 is 2.38 bits per heavy atom. The molecule has 0 fully saturated rings. The molecule has 0 aliphatic rings. The van der Waals surface area contributed by atoms with E-state index in [9.17, 15) is 14.7 Å². The topological polar surface area (TPSA) is 76.7 Å². The van der Waals surface area contributed by atoms with E-state index in [-0.39, 0.29) is 28.6 Å². The van der Waals surface area contributed by atoms with E-state index in [0.29, 0.717) is 27.8 Å². The van der Waals surface area contributed by atoms with Gasteiger partial charge in [-0.25, -0.2) is 0 Å². The van der Waals surface area contributed by atoms with Crippen LogP contribution in [0.25, 0.3) is 11.0 Å². The number of hydrogen-bond acceptors (Lipinski definition) is 5. The quantitative estimate of drug-likeness (QED) is 0.737. The van der Waals surface area contributed by atoms with Crippen molar-refractivity contribution in [1.82, 2.24) is 0 Å². The summed E-state index contributed by atoms with van der Waals surface area (Å²) in [5.41, 5.74) is 1.67. The van der Waals surface area contributed by atoms with Gasteiger partial charge in [-0.1, -0.05) is 0 Å². The van der Waals surface area contributed by atoms with Crippen molar-refractivity contribution in [2.45, 2.75) is 13.8 Å². The molecule has 0 aliphatic carbocycles. The van der Waals surface area contributed by atoms with Gasteiger partial charge >= 0.3 is 0 Å². The maximum absolute atomic E-state index is 12.7. The lowest BCUT2D eigenvalue weighted by Crippen LogP contribution is -2.01. The fourth-order valence-corrected chi connectivity index (χ4v) is 2.63. The second kappa shape index (κ2) is 5.85. The average molecular weight is 324 g/mol. The van der Waals surface area contributed by atoms with Crippen molar-refractivity contribution >= 4 is 22.5 Å². The first-order chi connectivity index (χ1) is 11.4. The number of aryl methyl sites for hydroxylation is 1. The van der Waals surface area contributed by atoms with Crippen LogP contribution < -0.4 is 4.74 Å². The third-order valence-electron chi connectivity index (χ3n) is 3.99. The van der Waals surface area contributed by atoms with Gasteiger partial charge in [0.25, 0.3) is 0 Å². The molecule has 5 heteroatoms. The van der Waals surface area contributed by atoms with E-state index in [4.69, 9.17) is 9.15 Å². The number of fused-ring (bicyclic) bond motifs is 1. The van der Waals surface area contributed by atoms with Gasteiger partial charge in [0.1, 0.15) is 17.1 Å². The molecule has 24 heavy (non-hydrogen) atoms. The van der Waals surface area contributed by atoms with Gasteiger partial charge in [0.15, 0.2) is 11.5 Å². The predicted octanol–water partition coefficient (Wildman–Crippen LogP) is 3.89. The zero-order valence-electron chi connectivity index (χ0n) is 13.5. The summed E-state index contributed by atoms with van der Waals surface area (Å²) < 4.78 is 10.7. The number of hydrogen-bond donors (Lipinski definition) is 1. The van der Waals surface area contributed by atoms with Crippen LogP contribution in [0, 0.1) is 6.92 Å². The number of Topliss-reactive ketones (excluding diaryl/α,β-unsaturated/α-hetero) is 1. The normalized spacial score (nSPS) is 10.8. The molecule has 0 amide bonds. The summed E-state index contributed by atoms with van der Waals surface area (Å²) in [7, 11) is 1.55. The SMILES string of the molecule is COc1ccc(C(=O)c2oc3cc(O)c(C(C)=O)cc3c2C)cc1. The number of carbonyl (C=O) groups is 2. The molecule has 1 aromatic heterocycles. The summed E-state index contributed by atoms with van der Waals surface area (Å²) in [6.45, 7) is 3.13. The van der Waals surface area contributed by atoms with E-state index in [1.807, 2.05) is 0 Å². The Kier molecular flexibility index (Phi) is 3.85. The molecule has 1 N–H and O–H groups in total. The van der Waals surface area contributed by atoms with E-state index in [1.165, 1.54) is 13.0 Å². The Balaban J connectivity index is 2.10. The number of methoxy groups -OCH3 is 1. The minimum Gasteiger partial charge on any atom is -0.507 e. The van der Waals surface area contributed by atoms with Crippen LogP contribution in [0.15, 0.2) is 40.8 Å². The first-order valence-corrected chi connectivity index (χ1v) is 7.38. The summed E-state index contributed by atoms with van der Waals surface area (Å²) in [4.78, 5) is 24.3. The molecular formula is C19H16O5. The van der Waals surface area contributed by atoms with Crippen LogP contribution in [-0.4, -0.2) is 23.8 Å². The number of benzene rings is 2. The Labute approximate surface area is 138 Å². The van der Waals surface area contributed by atoms with Crippen molar-refractivity contribution < 1.29 is 23.8 Å². The number of phenolic OH excluding ortho intramolecular Hbond substituents is 1. The van der Waals surface area contributed by atoms with E-state index < -0.39 is 0 Å². The molecule has 2 aromatic carbocycles. The number of furan rings is 1. The highest BCUT2D eigenvalue weighted by atomic mass is 16.5. The molecular weight excluding hydrogens is 308 g/mol. The van der Waals surface area contributed by atoms with Crippen LogP contribution in [-0.2, 0) is 0 Å². The van der Waals surface area contributed by atoms with E-state index in [2.05, 4.69) is 0 Å². The molecule has 0 atom stereocenters. The lowest BCUT2D eigenvalue weighted by molar-refractivity contribution is 0.100. The van der Waals surface area contributed by atoms with Crippen LogP contribution in [0.2, 0.25) is 0 Å². The third-order valence-corrected chi connectivity index (χ3v) is 3.99. The molecule has 5 nitrogen and oxygen atoms in total. The highest BCUT2D eigenvalue weighted by molar-refractivity contribution is 6.11. The van der Waals surface area contributed by atoms with Crippen molar-refractivity contribution in [2.24, 2.45) is 0 Å². The van der Waals surface area contributed by atoms with Gasteiger partial charge in [-0.2, -0.15) is 0 Å². The monoisotopic (exact) mass is 324 g/mol. The molecule has 0 bridgehead atoms. The fraction of sp³-hybridized carbons (Fsp3) is 0.158. The largest absolute Gasteiger partial charge is 0.507 e.